The van der Waals surface area contributed by atoms with Crippen LogP contribution in [0.25, 0.3) is 0 Å². The lowest BCUT2D eigenvalue weighted by atomic mass is 9.95. The molecule has 0 bridgehead atoms. The zero-order chi connectivity index (χ0) is 22.0. The first-order chi connectivity index (χ1) is 15.0. The first-order valence-electron chi connectivity index (χ1n) is 10.0. The molecule has 0 aliphatic carbocycles. The number of esters is 1. The number of nitrogens with zero attached hydrogens (tertiary/aromatic N) is 3. The number of rotatable bonds is 6. The molecule has 0 saturated heterocycles. The van der Waals surface area contributed by atoms with E-state index < -0.39 is 6.04 Å². The van der Waals surface area contributed by atoms with Gasteiger partial charge < -0.3 is 10.1 Å². The van der Waals surface area contributed by atoms with Gasteiger partial charge in [-0.05, 0) is 44.0 Å². The smallest absolute Gasteiger partial charge is 0.338 e. The van der Waals surface area contributed by atoms with Crippen LogP contribution in [0.4, 0.5) is 5.95 Å². The molecule has 6 nitrogen and oxygen atoms in total. The van der Waals surface area contributed by atoms with Gasteiger partial charge in [0.25, 0.3) is 0 Å². The highest BCUT2D eigenvalue weighted by atomic mass is 35.5. The van der Waals surface area contributed by atoms with Gasteiger partial charge >= 0.3 is 5.97 Å². The Morgan fingerprint density at radius 3 is 2.71 bits per heavy atom. The number of halogens is 1. The van der Waals surface area contributed by atoms with Crippen molar-refractivity contribution in [2.24, 2.45) is 0 Å². The molecule has 1 aliphatic rings. The third-order valence-electron chi connectivity index (χ3n) is 4.98. The standard InChI is InChI=1S/C23H23ClN4O2S/c1-4-30-21(29)19-15(3)25-22-26-23(31-13-16-6-5-7-18(24)12-16)27-28(22)20(19)17-10-8-14(2)9-11-17/h5-12,20H,4,13H2,1-3H3,(H,25,26,27)/t20-/m0/s1. The number of nitrogens with one attached hydrogen (secondary N) is 1. The molecule has 0 amide bonds. The van der Waals surface area contributed by atoms with E-state index in [1.165, 1.54) is 11.8 Å². The van der Waals surface area contributed by atoms with Crippen molar-refractivity contribution in [3.05, 3.63) is 81.5 Å². The van der Waals surface area contributed by atoms with Gasteiger partial charge in [-0.3, -0.25) is 0 Å². The van der Waals surface area contributed by atoms with Gasteiger partial charge in [-0.15, -0.1) is 5.10 Å². The Balaban J connectivity index is 1.68. The number of ether oxygens (including phenoxy) is 1. The molecule has 2 aromatic carbocycles. The van der Waals surface area contributed by atoms with Crippen LogP contribution in [0.3, 0.4) is 0 Å². The molecule has 0 spiro atoms. The van der Waals surface area contributed by atoms with E-state index in [2.05, 4.69) is 10.3 Å². The summed E-state index contributed by atoms with van der Waals surface area (Å²) >= 11 is 7.61. The van der Waals surface area contributed by atoms with Crippen LogP contribution >= 0.6 is 23.4 Å². The first kappa shape index (κ1) is 21.5. The van der Waals surface area contributed by atoms with E-state index in [0.29, 0.717) is 34.1 Å². The molecule has 160 valence electrons. The number of hydrogen-bond acceptors (Lipinski definition) is 6. The quantitative estimate of drug-likeness (QED) is 0.398. The summed E-state index contributed by atoms with van der Waals surface area (Å²) in [5.74, 6) is 0.938. The summed E-state index contributed by atoms with van der Waals surface area (Å²) in [5, 5.41) is 9.28. The molecule has 0 unspecified atom stereocenters. The fraction of sp³-hybridized carbons (Fsp3) is 0.261. The second kappa shape index (κ2) is 9.16. The van der Waals surface area contributed by atoms with Crippen LogP contribution in [0.5, 0.6) is 0 Å². The Kier molecular flexibility index (Phi) is 6.34. The second-order valence-electron chi connectivity index (χ2n) is 7.28. The molecule has 1 aromatic heterocycles. The van der Waals surface area contributed by atoms with Gasteiger partial charge in [-0.2, -0.15) is 4.98 Å². The van der Waals surface area contributed by atoms with E-state index in [1.54, 1.807) is 11.6 Å². The molecule has 1 aliphatic heterocycles. The zero-order valence-corrected chi connectivity index (χ0v) is 19.1. The van der Waals surface area contributed by atoms with Crippen LogP contribution in [-0.2, 0) is 15.3 Å². The number of hydrogen-bond donors (Lipinski definition) is 1. The molecule has 31 heavy (non-hydrogen) atoms. The Morgan fingerprint density at radius 2 is 2.00 bits per heavy atom. The van der Waals surface area contributed by atoms with Gasteiger partial charge in [0, 0.05) is 16.5 Å². The SMILES string of the molecule is CCOC(=O)C1=C(C)Nc2nc(SCc3cccc(Cl)c3)nn2[C@H]1c1ccc(C)cc1. The van der Waals surface area contributed by atoms with Crippen LogP contribution in [0.15, 0.2) is 65.0 Å². The predicted molar refractivity (Wildman–Crippen MR) is 123 cm³/mol. The Bertz CT molecular complexity index is 1140. The fourth-order valence-corrected chi connectivity index (χ4v) is 4.48. The van der Waals surface area contributed by atoms with Crippen LogP contribution in [-0.4, -0.2) is 27.3 Å². The van der Waals surface area contributed by atoms with E-state index >= 15 is 0 Å². The summed E-state index contributed by atoms with van der Waals surface area (Å²) in [5.41, 5.74) is 4.44. The molecule has 3 aromatic rings. The van der Waals surface area contributed by atoms with Crippen molar-refractivity contribution < 1.29 is 9.53 Å². The monoisotopic (exact) mass is 454 g/mol. The highest BCUT2D eigenvalue weighted by molar-refractivity contribution is 7.98. The number of anilines is 1. The van der Waals surface area contributed by atoms with Crippen molar-refractivity contribution in [2.75, 3.05) is 11.9 Å². The van der Waals surface area contributed by atoms with Gasteiger partial charge in [0.15, 0.2) is 0 Å². The van der Waals surface area contributed by atoms with Crippen molar-refractivity contribution in [1.82, 2.24) is 14.8 Å². The summed E-state index contributed by atoms with van der Waals surface area (Å²) in [6, 6.07) is 15.4. The number of aryl methyl sites for hydroxylation is 1. The van der Waals surface area contributed by atoms with Crippen molar-refractivity contribution in [2.45, 2.75) is 37.7 Å². The summed E-state index contributed by atoms with van der Waals surface area (Å²) in [6.07, 6.45) is 0. The summed E-state index contributed by atoms with van der Waals surface area (Å²) in [4.78, 5) is 17.5. The highest BCUT2D eigenvalue weighted by Crippen LogP contribution is 2.37. The van der Waals surface area contributed by atoms with Crippen LogP contribution < -0.4 is 5.32 Å². The fourth-order valence-electron chi connectivity index (χ4n) is 3.50. The average molecular weight is 455 g/mol. The van der Waals surface area contributed by atoms with E-state index in [9.17, 15) is 4.79 Å². The van der Waals surface area contributed by atoms with Crippen molar-refractivity contribution in [3.8, 4) is 0 Å². The Labute approximate surface area is 190 Å². The molecular weight excluding hydrogens is 432 g/mol. The summed E-state index contributed by atoms with van der Waals surface area (Å²) < 4.78 is 7.12. The first-order valence-corrected chi connectivity index (χ1v) is 11.4. The van der Waals surface area contributed by atoms with E-state index in [1.807, 2.05) is 62.4 Å². The van der Waals surface area contributed by atoms with Crippen molar-refractivity contribution >= 4 is 35.3 Å². The minimum Gasteiger partial charge on any atom is -0.463 e. The largest absolute Gasteiger partial charge is 0.463 e. The molecule has 0 saturated carbocycles. The second-order valence-corrected chi connectivity index (χ2v) is 8.66. The minimum atomic E-state index is -0.413. The molecule has 1 atom stereocenters. The molecular formula is C23H23ClN4O2S. The number of carbonyl (C=O) groups is 1. The van der Waals surface area contributed by atoms with Crippen molar-refractivity contribution in [1.29, 1.82) is 0 Å². The maximum absolute atomic E-state index is 12.8. The molecule has 8 heteroatoms. The normalized spacial score (nSPS) is 15.4. The van der Waals surface area contributed by atoms with E-state index in [0.717, 1.165) is 22.4 Å². The lowest BCUT2D eigenvalue weighted by molar-refractivity contribution is -0.139. The average Bonchev–Trinajstić information content (AvgIpc) is 3.14. The number of aromatic nitrogens is 3. The van der Waals surface area contributed by atoms with Crippen LogP contribution in [0.1, 0.15) is 36.6 Å². The molecule has 2 heterocycles. The maximum Gasteiger partial charge on any atom is 0.338 e. The van der Waals surface area contributed by atoms with Crippen LogP contribution in [0, 0.1) is 6.92 Å². The molecule has 0 radical (unpaired) electrons. The van der Waals surface area contributed by atoms with Gasteiger partial charge in [-0.25, -0.2) is 9.48 Å². The van der Waals surface area contributed by atoms with Gasteiger partial charge in [0.1, 0.15) is 6.04 Å². The van der Waals surface area contributed by atoms with Crippen LogP contribution in [0.2, 0.25) is 5.02 Å². The van der Waals surface area contributed by atoms with Gasteiger partial charge in [-0.1, -0.05) is 65.3 Å². The van der Waals surface area contributed by atoms with Gasteiger partial charge in [0.05, 0.1) is 12.2 Å². The van der Waals surface area contributed by atoms with Gasteiger partial charge in [0.2, 0.25) is 11.1 Å². The highest BCUT2D eigenvalue weighted by Gasteiger charge is 2.35. The number of allylic oxidation sites excluding steroid dienone is 1. The molecule has 4 rings (SSSR count). The van der Waals surface area contributed by atoms with E-state index in [-0.39, 0.29) is 5.97 Å². The molecule has 1 N–H and O–H groups in total. The predicted octanol–water partition coefficient (Wildman–Crippen LogP) is 5.38. The lowest BCUT2D eigenvalue weighted by Crippen LogP contribution is -2.29. The number of thioether (sulfide) groups is 1. The maximum atomic E-state index is 12.8. The number of fused-ring (bicyclic) bond motifs is 1. The zero-order valence-electron chi connectivity index (χ0n) is 17.6. The summed E-state index contributed by atoms with van der Waals surface area (Å²) in [6.45, 7) is 6.01. The minimum absolute atomic E-state index is 0.307. The van der Waals surface area contributed by atoms with E-state index in [4.69, 9.17) is 21.4 Å². The Hall–Kier alpha value is -2.77. The third kappa shape index (κ3) is 4.62. The topological polar surface area (TPSA) is 69.0 Å². The summed E-state index contributed by atoms with van der Waals surface area (Å²) in [7, 11) is 0. The number of carbonyl (C=O) groups excluding carboxylic acids is 1. The number of benzene rings is 2. The van der Waals surface area contributed by atoms with Crippen molar-refractivity contribution in [3.63, 3.8) is 0 Å². The Morgan fingerprint density at radius 1 is 1.23 bits per heavy atom. The third-order valence-corrected chi connectivity index (χ3v) is 6.12. The molecule has 0 fully saturated rings. The lowest BCUT2D eigenvalue weighted by Gasteiger charge is -2.28.